The van der Waals surface area contributed by atoms with Crippen LogP contribution in [0, 0.1) is 5.82 Å². The number of aryl methyl sites for hydroxylation is 1. The number of hydrogen-bond acceptors (Lipinski definition) is 4. The molecule has 4 rings (SSSR count). The van der Waals surface area contributed by atoms with Crippen molar-refractivity contribution in [1.29, 1.82) is 0 Å². The Balaban J connectivity index is 1.41. The lowest BCUT2D eigenvalue weighted by Crippen LogP contribution is -2.42. The van der Waals surface area contributed by atoms with Crippen molar-refractivity contribution < 1.29 is 18.7 Å². The fourth-order valence-corrected chi connectivity index (χ4v) is 3.71. The molecule has 2 N–H and O–H groups in total. The first-order valence-electron chi connectivity index (χ1n) is 10.5. The van der Waals surface area contributed by atoms with Gasteiger partial charge in [0.15, 0.2) is 0 Å². The number of nitrogens with two attached hydrogens (primary N) is 1. The summed E-state index contributed by atoms with van der Waals surface area (Å²) in [5, 5.41) is 0. The van der Waals surface area contributed by atoms with Crippen molar-refractivity contribution in [3.63, 3.8) is 0 Å². The van der Waals surface area contributed by atoms with Crippen LogP contribution in [0.25, 0.3) is 11.3 Å². The number of benzene rings is 2. The van der Waals surface area contributed by atoms with Crippen molar-refractivity contribution in [2.24, 2.45) is 5.73 Å². The van der Waals surface area contributed by atoms with E-state index in [1.165, 1.54) is 12.1 Å². The normalized spacial score (nSPS) is 16.0. The van der Waals surface area contributed by atoms with Crippen LogP contribution in [0.5, 0.6) is 0 Å². The van der Waals surface area contributed by atoms with E-state index in [0.29, 0.717) is 38.1 Å². The number of pyridine rings is 1. The molecule has 2 amide bonds. The average molecular weight is 433 g/mol. The van der Waals surface area contributed by atoms with Crippen molar-refractivity contribution in [3.05, 3.63) is 89.4 Å². The summed E-state index contributed by atoms with van der Waals surface area (Å²) in [5.74, 6) is -0.714. The molecule has 3 aromatic rings. The second kappa shape index (κ2) is 9.70. The molecule has 164 valence electrons. The minimum atomic E-state index is -0.474. The predicted octanol–water partition coefficient (Wildman–Crippen LogP) is 3.52. The van der Waals surface area contributed by atoms with Gasteiger partial charge in [-0.3, -0.25) is 9.59 Å². The molecular weight excluding hydrogens is 409 g/mol. The summed E-state index contributed by atoms with van der Waals surface area (Å²) in [5.41, 5.74) is 9.04. The molecule has 6 nitrogen and oxygen atoms in total. The van der Waals surface area contributed by atoms with E-state index in [4.69, 9.17) is 15.5 Å². The Labute approximate surface area is 185 Å². The van der Waals surface area contributed by atoms with Gasteiger partial charge >= 0.3 is 0 Å². The van der Waals surface area contributed by atoms with Gasteiger partial charge < -0.3 is 15.4 Å². The van der Waals surface area contributed by atoms with Crippen LogP contribution in [-0.4, -0.2) is 41.4 Å². The van der Waals surface area contributed by atoms with Gasteiger partial charge in [-0.1, -0.05) is 30.3 Å². The molecular formula is C25H24FN3O3. The quantitative estimate of drug-likeness (QED) is 0.645. The summed E-state index contributed by atoms with van der Waals surface area (Å²) in [7, 11) is 0. The van der Waals surface area contributed by atoms with Gasteiger partial charge in [0.05, 0.1) is 24.5 Å². The molecule has 1 aliphatic heterocycles. The molecule has 2 aromatic carbocycles. The molecule has 1 aromatic heterocycles. The van der Waals surface area contributed by atoms with Crippen molar-refractivity contribution in [3.8, 4) is 11.3 Å². The smallest absolute Gasteiger partial charge is 0.248 e. The maximum absolute atomic E-state index is 13.1. The lowest BCUT2D eigenvalue weighted by Gasteiger charge is -2.33. The molecule has 0 radical (unpaired) electrons. The summed E-state index contributed by atoms with van der Waals surface area (Å²) in [6.07, 6.45) is 0.608. The van der Waals surface area contributed by atoms with Crippen LogP contribution < -0.4 is 5.73 Å². The number of morpholine rings is 1. The molecule has 2 heterocycles. The summed E-state index contributed by atoms with van der Waals surface area (Å²) < 4.78 is 19.0. The highest BCUT2D eigenvalue weighted by molar-refractivity contribution is 5.93. The maximum atomic E-state index is 13.1. The molecule has 1 atom stereocenters. The average Bonchev–Trinajstić information content (AvgIpc) is 2.84. The lowest BCUT2D eigenvalue weighted by molar-refractivity contribution is -0.139. The first-order valence-corrected chi connectivity index (χ1v) is 10.5. The van der Waals surface area contributed by atoms with Gasteiger partial charge in [0.1, 0.15) is 11.9 Å². The summed E-state index contributed by atoms with van der Waals surface area (Å²) in [6, 6.07) is 18.9. The number of halogens is 1. The number of ether oxygens (including phenoxy) is 1. The van der Waals surface area contributed by atoms with E-state index in [2.05, 4.69) is 0 Å². The second-order valence-corrected chi connectivity index (χ2v) is 7.71. The number of nitrogens with zero attached hydrogens (tertiary/aromatic N) is 2. The molecule has 1 fully saturated rings. The van der Waals surface area contributed by atoms with Gasteiger partial charge in [-0.2, -0.15) is 0 Å². The molecule has 0 aliphatic carbocycles. The molecule has 0 spiro atoms. The third kappa shape index (κ3) is 5.18. The lowest BCUT2D eigenvalue weighted by atomic mass is 10.1. The Kier molecular flexibility index (Phi) is 6.56. The first-order chi connectivity index (χ1) is 15.5. The van der Waals surface area contributed by atoms with E-state index in [1.807, 2.05) is 18.2 Å². The van der Waals surface area contributed by atoms with Crippen LogP contribution in [0.15, 0.2) is 66.7 Å². The van der Waals surface area contributed by atoms with Crippen LogP contribution in [0.4, 0.5) is 4.39 Å². The van der Waals surface area contributed by atoms with Crippen LogP contribution in [0.1, 0.15) is 34.1 Å². The largest absolute Gasteiger partial charge is 0.368 e. The highest BCUT2D eigenvalue weighted by Gasteiger charge is 2.26. The van der Waals surface area contributed by atoms with E-state index in [0.717, 1.165) is 22.5 Å². The third-order valence-corrected chi connectivity index (χ3v) is 5.53. The molecule has 1 saturated heterocycles. The predicted molar refractivity (Wildman–Crippen MR) is 118 cm³/mol. The number of rotatable bonds is 6. The topological polar surface area (TPSA) is 85.5 Å². The van der Waals surface area contributed by atoms with Crippen LogP contribution in [-0.2, 0) is 16.0 Å². The second-order valence-electron chi connectivity index (χ2n) is 7.71. The Hall–Kier alpha value is -3.58. The van der Waals surface area contributed by atoms with Gasteiger partial charge in [0.25, 0.3) is 0 Å². The van der Waals surface area contributed by atoms with Gasteiger partial charge in [-0.25, -0.2) is 9.37 Å². The van der Waals surface area contributed by atoms with Crippen LogP contribution in [0.3, 0.4) is 0 Å². The number of aromatic nitrogens is 1. The fraction of sp³-hybridized carbons (Fsp3) is 0.240. The minimum Gasteiger partial charge on any atom is -0.368 e. The molecule has 32 heavy (non-hydrogen) atoms. The van der Waals surface area contributed by atoms with Gasteiger partial charge in [-0.05, 0) is 48.4 Å². The number of hydrogen-bond donors (Lipinski definition) is 1. The van der Waals surface area contributed by atoms with Gasteiger partial charge in [0, 0.05) is 24.1 Å². The van der Waals surface area contributed by atoms with E-state index in [1.54, 1.807) is 41.3 Å². The molecule has 0 bridgehead atoms. The Morgan fingerprint density at radius 1 is 1.06 bits per heavy atom. The molecule has 7 heteroatoms. The molecule has 1 aliphatic rings. The molecule has 0 saturated carbocycles. The van der Waals surface area contributed by atoms with E-state index in [-0.39, 0.29) is 17.8 Å². The number of amides is 2. The Morgan fingerprint density at radius 2 is 1.81 bits per heavy atom. The zero-order valence-corrected chi connectivity index (χ0v) is 17.5. The van der Waals surface area contributed by atoms with Crippen LogP contribution >= 0.6 is 0 Å². The zero-order chi connectivity index (χ0) is 22.5. The SMILES string of the molecule is NC(=O)c1ccc(-c2cccc(C3CN(C(=O)CCc4ccc(F)cc4)CCO3)n2)cc1. The maximum Gasteiger partial charge on any atom is 0.248 e. The third-order valence-electron chi connectivity index (χ3n) is 5.53. The molecule has 1 unspecified atom stereocenters. The Morgan fingerprint density at radius 3 is 2.53 bits per heavy atom. The van der Waals surface area contributed by atoms with Gasteiger partial charge in [0.2, 0.25) is 11.8 Å². The van der Waals surface area contributed by atoms with Crippen LogP contribution in [0.2, 0.25) is 0 Å². The van der Waals surface area contributed by atoms with Crippen molar-refractivity contribution in [1.82, 2.24) is 9.88 Å². The highest BCUT2D eigenvalue weighted by atomic mass is 19.1. The summed E-state index contributed by atoms with van der Waals surface area (Å²) in [6.45, 7) is 1.40. The standard InChI is InChI=1S/C25H24FN3O3/c26-20-11-4-17(5-12-20)6-13-24(30)29-14-15-32-23(16-29)22-3-1-2-21(28-22)18-7-9-19(10-8-18)25(27)31/h1-5,7-12,23H,6,13-16H2,(H2,27,31). The zero-order valence-electron chi connectivity index (χ0n) is 17.5. The fourth-order valence-electron chi connectivity index (χ4n) is 3.71. The number of primary amides is 1. The summed E-state index contributed by atoms with van der Waals surface area (Å²) in [4.78, 5) is 30.5. The number of carbonyl (C=O) groups excluding carboxylic acids is 2. The minimum absolute atomic E-state index is 0.0424. The van der Waals surface area contributed by atoms with E-state index < -0.39 is 5.91 Å². The van der Waals surface area contributed by atoms with E-state index >= 15 is 0 Å². The Bertz CT molecular complexity index is 1100. The van der Waals surface area contributed by atoms with Crippen molar-refractivity contribution in [2.75, 3.05) is 19.7 Å². The van der Waals surface area contributed by atoms with Crippen molar-refractivity contribution in [2.45, 2.75) is 18.9 Å². The summed E-state index contributed by atoms with van der Waals surface area (Å²) >= 11 is 0. The van der Waals surface area contributed by atoms with Gasteiger partial charge in [-0.15, -0.1) is 0 Å². The first kappa shape index (κ1) is 21.6. The monoisotopic (exact) mass is 433 g/mol. The van der Waals surface area contributed by atoms with Crippen molar-refractivity contribution >= 4 is 11.8 Å². The van der Waals surface area contributed by atoms with E-state index in [9.17, 15) is 14.0 Å². The highest BCUT2D eigenvalue weighted by Crippen LogP contribution is 2.25. The number of carbonyl (C=O) groups is 2.